The Hall–Kier alpha value is -5.07. The highest BCUT2D eigenvalue weighted by atomic mass is 35.5. The smallest absolute Gasteiger partial charge is 0.277 e. The van der Waals surface area contributed by atoms with Crippen LogP contribution in [0.1, 0.15) is 53.0 Å². The van der Waals surface area contributed by atoms with Crippen LogP contribution < -0.4 is 15.6 Å². The first-order chi connectivity index (χ1) is 23.7. The third kappa shape index (κ3) is 7.06. The molecular weight excluding hydrogens is 645 g/mol. The van der Waals surface area contributed by atoms with E-state index >= 15 is 0 Å². The Labute approximate surface area is 290 Å². The summed E-state index contributed by atoms with van der Waals surface area (Å²) < 4.78 is 16.0. The van der Waals surface area contributed by atoms with E-state index in [2.05, 4.69) is 62.8 Å². The molecule has 1 atom stereocenters. The summed E-state index contributed by atoms with van der Waals surface area (Å²) in [4.78, 5) is 34.6. The van der Waals surface area contributed by atoms with Crippen LogP contribution in [-0.4, -0.2) is 83.1 Å². The van der Waals surface area contributed by atoms with Crippen molar-refractivity contribution in [3.05, 3.63) is 106 Å². The van der Waals surface area contributed by atoms with Gasteiger partial charge >= 0.3 is 0 Å². The van der Waals surface area contributed by atoms with Gasteiger partial charge < -0.3 is 20.0 Å². The quantitative estimate of drug-likeness (QED) is 0.176. The van der Waals surface area contributed by atoms with Gasteiger partial charge in [-0.2, -0.15) is 5.10 Å². The molecule has 0 radical (unpaired) electrons. The number of allylic oxidation sites excluding steroid dienone is 1. The fourth-order valence-electron chi connectivity index (χ4n) is 6.62. The fraction of sp³-hybridized carbons (Fsp3) is 0.306. The molecule has 3 heterocycles. The van der Waals surface area contributed by atoms with Crippen LogP contribution in [0.5, 0.6) is 0 Å². The highest BCUT2D eigenvalue weighted by molar-refractivity contribution is 6.30. The topological polar surface area (TPSA) is 111 Å². The number of hydrazone groups is 1. The maximum atomic E-state index is 14.8. The molecule has 2 N–H and O–H groups in total. The number of nitrogens with zero attached hydrogens (tertiary/aromatic N) is 7. The van der Waals surface area contributed by atoms with Gasteiger partial charge in [0.05, 0.1) is 11.2 Å². The van der Waals surface area contributed by atoms with Crippen molar-refractivity contribution in [3.63, 3.8) is 0 Å². The number of anilines is 2. The SMILES string of the molecule is C=NN/C=C(\C)c1ccc(NC(=O)[C@@H]2c3cccc(N4CCC(N(C)C)CC4)c3CCN2C(=O)c2cn(-c3cccc(Cl)c3F)nn2)cc1. The Balaban J connectivity index is 1.32. The van der Waals surface area contributed by atoms with E-state index in [0.29, 0.717) is 18.2 Å². The molecule has 0 spiro atoms. The minimum atomic E-state index is -0.951. The van der Waals surface area contributed by atoms with Crippen molar-refractivity contribution in [2.24, 2.45) is 5.10 Å². The number of hydrogen-bond acceptors (Lipinski definition) is 8. The molecule has 1 aromatic heterocycles. The van der Waals surface area contributed by atoms with Crippen LogP contribution in [0.15, 0.2) is 78.2 Å². The van der Waals surface area contributed by atoms with E-state index in [4.69, 9.17) is 11.6 Å². The van der Waals surface area contributed by atoms with E-state index in [1.165, 1.54) is 27.9 Å². The summed E-state index contributed by atoms with van der Waals surface area (Å²) >= 11 is 5.98. The molecule has 254 valence electrons. The number of aromatic nitrogens is 3. The maximum Gasteiger partial charge on any atom is 0.277 e. The summed E-state index contributed by atoms with van der Waals surface area (Å²) in [6.07, 6.45) is 5.73. The van der Waals surface area contributed by atoms with E-state index in [0.717, 1.165) is 53.9 Å². The van der Waals surface area contributed by atoms with Crippen molar-refractivity contribution in [2.75, 3.05) is 43.9 Å². The summed E-state index contributed by atoms with van der Waals surface area (Å²) in [5, 5.41) is 14.7. The zero-order valence-corrected chi connectivity index (χ0v) is 28.5. The normalized spacial score (nSPS) is 16.8. The lowest BCUT2D eigenvalue weighted by Gasteiger charge is -2.41. The summed E-state index contributed by atoms with van der Waals surface area (Å²) in [7, 11) is 4.24. The third-order valence-corrected chi connectivity index (χ3v) is 9.60. The van der Waals surface area contributed by atoms with Gasteiger partial charge in [0.2, 0.25) is 0 Å². The average Bonchev–Trinajstić information content (AvgIpc) is 3.61. The molecule has 1 saturated heterocycles. The Morgan fingerprint density at radius 1 is 1.04 bits per heavy atom. The molecule has 4 aromatic rings. The molecule has 1 fully saturated rings. The van der Waals surface area contributed by atoms with Crippen LogP contribution >= 0.6 is 11.6 Å². The minimum absolute atomic E-state index is 0.0169. The molecular formula is C36H39ClFN9O2. The molecule has 49 heavy (non-hydrogen) atoms. The first-order valence-corrected chi connectivity index (χ1v) is 16.5. The van der Waals surface area contributed by atoms with E-state index in [-0.39, 0.29) is 28.9 Å². The molecule has 6 rings (SSSR count). The predicted octanol–water partition coefficient (Wildman–Crippen LogP) is 5.53. The molecule has 0 bridgehead atoms. The van der Waals surface area contributed by atoms with Gasteiger partial charge in [0.15, 0.2) is 11.5 Å². The number of halogens is 2. The number of carbonyl (C=O) groups is 2. The fourth-order valence-corrected chi connectivity index (χ4v) is 6.79. The Morgan fingerprint density at radius 3 is 2.47 bits per heavy atom. The van der Waals surface area contributed by atoms with Crippen molar-refractivity contribution < 1.29 is 14.0 Å². The lowest BCUT2D eigenvalue weighted by Crippen LogP contribution is -2.46. The summed E-state index contributed by atoms with van der Waals surface area (Å²) in [5.74, 6) is -1.52. The lowest BCUT2D eigenvalue weighted by molar-refractivity contribution is -0.121. The van der Waals surface area contributed by atoms with E-state index in [9.17, 15) is 14.0 Å². The monoisotopic (exact) mass is 683 g/mol. The highest BCUT2D eigenvalue weighted by Gasteiger charge is 2.39. The first-order valence-electron chi connectivity index (χ1n) is 16.2. The number of nitrogens with one attached hydrogen (secondary N) is 2. The maximum absolute atomic E-state index is 14.8. The van der Waals surface area contributed by atoms with Gasteiger partial charge in [0.1, 0.15) is 11.7 Å². The average molecular weight is 684 g/mol. The Bertz CT molecular complexity index is 1880. The predicted molar refractivity (Wildman–Crippen MR) is 191 cm³/mol. The number of piperidine rings is 1. The summed E-state index contributed by atoms with van der Waals surface area (Å²) in [6, 6.07) is 17.5. The zero-order valence-electron chi connectivity index (χ0n) is 27.7. The van der Waals surface area contributed by atoms with Crippen molar-refractivity contribution >= 4 is 47.1 Å². The largest absolute Gasteiger partial charge is 0.371 e. The third-order valence-electron chi connectivity index (χ3n) is 9.31. The number of fused-ring (bicyclic) bond motifs is 1. The van der Waals surface area contributed by atoms with Crippen LogP contribution in [0.4, 0.5) is 15.8 Å². The van der Waals surface area contributed by atoms with Gasteiger partial charge in [-0.15, -0.1) is 5.10 Å². The number of amides is 2. The van der Waals surface area contributed by atoms with E-state index in [1.54, 1.807) is 12.3 Å². The first kappa shape index (κ1) is 33.8. The standard InChI is InChI=1S/C36H39ClFN9O2/c1-23(21-40-39-2)24-11-13-25(14-12-24)41-35(48)34-28-7-5-9-31(45-18-15-26(16-19-45)44(3)4)27(28)17-20-46(34)36(49)30-22-47(43-42-30)32-10-6-8-29(37)33(32)38/h5-14,21-22,26,34,40H,2,15-20H2,1,3-4H3,(H,41,48)/b23-21+/t34-/m0/s1. The van der Waals surface area contributed by atoms with Gasteiger partial charge in [0, 0.05) is 50.0 Å². The second-order valence-electron chi connectivity index (χ2n) is 12.5. The summed E-state index contributed by atoms with van der Waals surface area (Å²) in [6.45, 7) is 7.44. The molecule has 0 unspecified atom stereocenters. The van der Waals surface area contributed by atoms with Crippen LogP contribution in [0.3, 0.4) is 0 Å². The van der Waals surface area contributed by atoms with E-state index < -0.39 is 17.8 Å². The summed E-state index contributed by atoms with van der Waals surface area (Å²) in [5.41, 5.74) is 8.15. The van der Waals surface area contributed by atoms with Crippen LogP contribution in [0, 0.1) is 5.82 Å². The minimum Gasteiger partial charge on any atom is -0.371 e. The van der Waals surface area contributed by atoms with Crippen LogP contribution in [0.2, 0.25) is 5.02 Å². The van der Waals surface area contributed by atoms with Crippen molar-refractivity contribution in [1.82, 2.24) is 30.2 Å². The molecule has 0 saturated carbocycles. The molecule has 3 aromatic carbocycles. The molecule has 2 aliphatic rings. The number of hydrogen-bond donors (Lipinski definition) is 2. The molecule has 11 nitrogen and oxygen atoms in total. The van der Waals surface area contributed by atoms with Crippen molar-refractivity contribution in [2.45, 2.75) is 38.3 Å². The van der Waals surface area contributed by atoms with Gasteiger partial charge in [0.25, 0.3) is 11.8 Å². The lowest BCUT2D eigenvalue weighted by atomic mass is 9.89. The Morgan fingerprint density at radius 2 is 1.76 bits per heavy atom. The Kier molecular flexibility index (Phi) is 10.1. The van der Waals surface area contributed by atoms with Gasteiger partial charge in [-0.3, -0.25) is 15.0 Å². The van der Waals surface area contributed by atoms with Crippen molar-refractivity contribution in [3.8, 4) is 5.69 Å². The van der Waals surface area contributed by atoms with Gasteiger partial charge in [-0.25, -0.2) is 9.07 Å². The second kappa shape index (κ2) is 14.6. The zero-order chi connectivity index (χ0) is 34.7. The molecule has 2 amide bonds. The van der Waals surface area contributed by atoms with Gasteiger partial charge in [-0.1, -0.05) is 47.1 Å². The molecule has 13 heteroatoms. The second-order valence-corrected chi connectivity index (χ2v) is 12.9. The molecule has 2 aliphatic heterocycles. The van der Waals surface area contributed by atoms with Gasteiger partial charge in [-0.05, 0) is 92.9 Å². The van der Waals surface area contributed by atoms with Crippen LogP contribution in [-0.2, 0) is 11.2 Å². The highest BCUT2D eigenvalue weighted by Crippen LogP contribution is 2.38. The van der Waals surface area contributed by atoms with Crippen molar-refractivity contribution in [1.29, 1.82) is 0 Å². The molecule has 0 aliphatic carbocycles. The number of carbonyl (C=O) groups excluding carboxylic acids is 2. The van der Waals surface area contributed by atoms with Crippen LogP contribution in [0.25, 0.3) is 11.3 Å². The van der Waals surface area contributed by atoms with E-state index in [1.807, 2.05) is 43.3 Å². The number of benzene rings is 3. The number of rotatable bonds is 9.